The summed E-state index contributed by atoms with van der Waals surface area (Å²) in [5, 5.41) is 13.4. The van der Waals surface area contributed by atoms with Crippen LogP contribution in [0.5, 0.6) is 0 Å². The van der Waals surface area contributed by atoms with Crippen LogP contribution in [0.4, 0.5) is 31.9 Å². The second kappa shape index (κ2) is 6.57. The van der Waals surface area contributed by atoms with Crippen molar-refractivity contribution in [1.82, 2.24) is 20.2 Å². The van der Waals surface area contributed by atoms with E-state index in [4.69, 9.17) is 11.6 Å². The van der Waals surface area contributed by atoms with Crippen LogP contribution in [0.1, 0.15) is 0 Å². The summed E-state index contributed by atoms with van der Waals surface area (Å²) in [6.07, 6.45) is 2.73. The highest BCUT2D eigenvalue weighted by Gasteiger charge is 2.09. The van der Waals surface area contributed by atoms with E-state index in [1.807, 2.05) is 18.2 Å². The van der Waals surface area contributed by atoms with Gasteiger partial charge >= 0.3 is 0 Å². The summed E-state index contributed by atoms with van der Waals surface area (Å²) < 4.78 is 27.2. The molecule has 0 aliphatic heterocycles. The molecule has 0 atom stereocenters. The molecule has 4 aromatic rings. The lowest BCUT2D eigenvalue weighted by atomic mass is 10.2. The van der Waals surface area contributed by atoms with Crippen molar-refractivity contribution in [3.05, 3.63) is 65.4 Å². The molecule has 2 aromatic carbocycles. The van der Waals surface area contributed by atoms with Gasteiger partial charge in [0.05, 0.1) is 22.9 Å². The summed E-state index contributed by atoms with van der Waals surface area (Å²) in [6.45, 7) is 0. The minimum atomic E-state index is -0.652. The predicted octanol–water partition coefficient (Wildman–Crippen LogP) is 4.77. The molecule has 0 saturated carbocycles. The second-order valence-corrected chi connectivity index (χ2v) is 5.85. The van der Waals surface area contributed by atoms with E-state index < -0.39 is 11.6 Å². The first-order valence-electron chi connectivity index (χ1n) is 7.53. The maximum Gasteiger partial charge on any atom is 0.229 e. The number of fused-ring (bicyclic) bond motifs is 1. The minimum absolute atomic E-state index is 0.0606. The number of aromatic amines is 1. The van der Waals surface area contributed by atoms with Crippen molar-refractivity contribution in [2.75, 3.05) is 10.6 Å². The fourth-order valence-electron chi connectivity index (χ4n) is 2.38. The van der Waals surface area contributed by atoms with Gasteiger partial charge in [-0.3, -0.25) is 5.10 Å². The maximum atomic E-state index is 14.0. The summed E-state index contributed by atoms with van der Waals surface area (Å²) >= 11 is 5.74. The van der Waals surface area contributed by atoms with Crippen molar-refractivity contribution in [3.63, 3.8) is 0 Å². The van der Waals surface area contributed by atoms with Crippen LogP contribution in [0.15, 0.2) is 48.8 Å². The van der Waals surface area contributed by atoms with Gasteiger partial charge in [-0.1, -0.05) is 11.6 Å². The molecule has 0 fully saturated rings. The van der Waals surface area contributed by atoms with Crippen LogP contribution >= 0.6 is 11.6 Å². The number of nitrogens with one attached hydrogen (secondary N) is 3. The highest BCUT2D eigenvalue weighted by Crippen LogP contribution is 2.25. The minimum Gasteiger partial charge on any atom is -0.338 e. The molecular formula is C17H11ClF2N6. The van der Waals surface area contributed by atoms with E-state index in [0.29, 0.717) is 5.69 Å². The second-order valence-electron chi connectivity index (χ2n) is 5.44. The van der Waals surface area contributed by atoms with Gasteiger partial charge in [0, 0.05) is 16.8 Å². The largest absolute Gasteiger partial charge is 0.338 e. The Morgan fingerprint density at radius 1 is 0.923 bits per heavy atom. The molecule has 0 unspecified atom stereocenters. The Kier molecular flexibility index (Phi) is 4.10. The number of hydrogen-bond donors (Lipinski definition) is 3. The van der Waals surface area contributed by atoms with Gasteiger partial charge < -0.3 is 10.6 Å². The first-order chi connectivity index (χ1) is 12.6. The number of anilines is 4. The van der Waals surface area contributed by atoms with E-state index in [2.05, 4.69) is 30.8 Å². The number of halogens is 3. The molecule has 0 aliphatic rings. The lowest BCUT2D eigenvalue weighted by Gasteiger charge is -2.10. The Morgan fingerprint density at radius 3 is 2.58 bits per heavy atom. The highest BCUT2D eigenvalue weighted by atomic mass is 35.5. The summed E-state index contributed by atoms with van der Waals surface area (Å²) in [5.74, 6) is -1.07. The van der Waals surface area contributed by atoms with Gasteiger partial charge in [-0.15, -0.1) is 0 Å². The van der Waals surface area contributed by atoms with Crippen molar-refractivity contribution in [3.8, 4) is 0 Å². The van der Waals surface area contributed by atoms with Gasteiger partial charge in [0.25, 0.3) is 0 Å². The normalized spacial score (nSPS) is 10.9. The molecule has 2 aromatic heterocycles. The van der Waals surface area contributed by atoms with E-state index in [9.17, 15) is 8.78 Å². The average molecular weight is 373 g/mol. The van der Waals surface area contributed by atoms with Crippen molar-refractivity contribution in [2.45, 2.75) is 0 Å². The number of aromatic nitrogens is 4. The lowest BCUT2D eigenvalue weighted by molar-refractivity contribution is 0.619. The van der Waals surface area contributed by atoms with Crippen LogP contribution in [0.3, 0.4) is 0 Å². The van der Waals surface area contributed by atoms with Crippen molar-refractivity contribution < 1.29 is 8.78 Å². The quantitative estimate of drug-likeness (QED) is 0.481. The van der Waals surface area contributed by atoms with E-state index >= 15 is 0 Å². The molecular weight excluding hydrogens is 362 g/mol. The molecule has 3 N–H and O–H groups in total. The van der Waals surface area contributed by atoms with Crippen molar-refractivity contribution in [1.29, 1.82) is 0 Å². The topological polar surface area (TPSA) is 78.5 Å². The van der Waals surface area contributed by atoms with Crippen LogP contribution in [0.25, 0.3) is 10.9 Å². The van der Waals surface area contributed by atoms with Crippen LogP contribution in [0, 0.1) is 11.6 Å². The van der Waals surface area contributed by atoms with Gasteiger partial charge in [-0.2, -0.15) is 10.1 Å². The Morgan fingerprint density at radius 2 is 1.73 bits per heavy atom. The summed E-state index contributed by atoms with van der Waals surface area (Å²) in [4.78, 5) is 8.04. The number of hydrogen-bond acceptors (Lipinski definition) is 5. The zero-order chi connectivity index (χ0) is 18.1. The average Bonchev–Trinajstić information content (AvgIpc) is 3.09. The number of benzene rings is 2. The zero-order valence-electron chi connectivity index (χ0n) is 13.1. The summed E-state index contributed by atoms with van der Waals surface area (Å²) in [5.41, 5.74) is 2.02. The molecule has 4 rings (SSSR count). The molecule has 26 heavy (non-hydrogen) atoms. The molecule has 2 heterocycles. The van der Waals surface area contributed by atoms with Crippen LogP contribution in [0.2, 0.25) is 5.02 Å². The number of H-pyrrole nitrogens is 1. The van der Waals surface area contributed by atoms with Crippen LogP contribution < -0.4 is 10.6 Å². The molecule has 6 nitrogen and oxygen atoms in total. The first kappa shape index (κ1) is 16.2. The van der Waals surface area contributed by atoms with E-state index in [1.54, 1.807) is 6.20 Å². The molecule has 9 heteroatoms. The fraction of sp³-hybridized carbons (Fsp3) is 0. The number of rotatable bonds is 4. The SMILES string of the molecule is Fc1ccc(Nc2nc(Nc3ccc4[nH]ncc4c3)ncc2F)cc1Cl. The van der Waals surface area contributed by atoms with E-state index in [1.165, 1.54) is 18.2 Å². The number of nitrogens with zero attached hydrogens (tertiary/aromatic N) is 3. The third-order valence-electron chi connectivity index (χ3n) is 3.62. The smallest absolute Gasteiger partial charge is 0.229 e. The van der Waals surface area contributed by atoms with Gasteiger partial charge in [-0.05, 0) is 36.4 Å². The maximum absolute atomic E-state index is 14.0. The Balaban J connectivity index is 1.59. The molecule has 0 spiro atoms. The third-order valence-corrected chi connectivity index (χ3v) is 3.91. The fourth-order valence-corrected chi connectivity index (χ4v) is 2.56. The molecule has 0 bridgehead atoms. The van der Waals surface area contributed by atoms with Crippen LogP contribution in [-0.2, 0) is 0 Å². The van der Waals surface area contributed by atoms with Gasteiger partial charge in [0.15, 0.2) is 11.6 Å². The van der Waals surface area contributed by atoms with Gasteiger partial charge in [0.2, 0.25) is 5.95 Å². The summed E-state index contributed by atoms with van der Waals surface area (Å²) in [7, 11) is 0. The Labute approximate surface area is 151 Å². The molecule has 0 amide bonds. The first-order valence-corrected chi connectivity index (χ1v) is 7.91. The van der Waals surface area contributed by atoms with Crippen molar-refractivity contribution in [2.24, 2.45) is 0 Å². The zero-order valence-corrected chi connectivity index (χ0v) is 13.9. The monoisotopic (exact) mass is 372 g/mol. The Hall–Kier alpha value is -3.26. The van der Waals surface area contributed by atoms with E-state index in [0.717, 1.165) is 22.8 Å². The third kappa shape index (κ3) is 3.27. The van der Waals surface area contributed by atoms with Crippen molar-refractivity contribution >= 4 is 45.6 Å². The molecule has 0 radical (unpaired) electrons. The molecule has 0 saturated heterocycles. The van der Waals surface area contributed by atoms with Crippen LogP contribution in [-0.4, -0.2) is 20.2 Å². The molecule has 0 aliphatic carbocycles. The summed E-state index contributed by atoms with van der Waals surface area (Å²) in [6, 6.07) is 9.50. The standard InChI is InChI=1S/C17H11ClF2N6/c18-12-6-11(1-3-13(12)19)23-16-14(20)8-21-17(25-16)24-10-2-4-15-9(5-10)7-22-26-15/h1-8H,(H,22,26)(H2,21,23,24,25). The highest BCUT2D eigenvalue weighted by molar-refractivity contribution is 6.31. The Bertz CT molecular complexity index is 1100. The van der Waals surface area contributed by atoms with Gasteiger partial charge in [0.1, 0.15) is 5.82 Å². The predicted molar refractivity (Wildman–Crippen MR) is 96.1 cm³/mol. The van der Waals surface area contributed by atoms with Gasteiger partial charge in [-0.25, -0.2) is 13.8 Å². The lowest BCUT2D eigenvalue weighted by Crippen LogP contribution is -2.03. The molecule has 130 valence electrons. The van der Waals surface area contributed by atoms with E-state index in [-0.39, 0.29) is 16.8 Å².